The Morgan fingerprint density at radius 2 is 1.63 bits per heavy atom. The number of aromatic hydroxyl groups is 2. The third kappa shape index (κ3) is 2.29. The van der Waals surface area contributed by atoms with Crippen molar-refractivity contribution in [2.24, 2.45) is 0 Å². The third-order valence-corrected chi connectivity index (χ3v) is 3.03. The summed E-state index contributed by atoms with van der Waals surface area (Å²) in [5.74, 6) is 1.93. The standard InChI is InChI=1S/C15H14O4/c1-9-6-10-2-3-11(16)7-14(10)19-13-5-4-12(17)8-15(13)18-9/h2-5,7-9,16-17H,6H2,1H3/t9-/m1/s1. The first-order valence-electron chi connectivity index (χ1n) is 6.11. The first-order valence-corrected chi connectivity index (χ1v) is 6.11. The van der Waals surface area contributed by atoms with Crippen LogP contribution in [-0.4, -0.2) is 16.3 Å². The molecule has 1 heterocycles. The van der Waals surface area contributed by atoms with Gasteiger partial charge < -0.3 is 19.7 Å². The molecule has 0 aromatic heterocycles. The summed E-state index contributed by atoms with van der Waals surface area (Å²) in [5, 5.41) is 19.1. The van der Waals surface area contributed by atoms with Gasteiger partial charge in [0.1, 0.15) is 23.4 Å². The Balaban J connectivity index is 2.10. The quantitative estimate of drug-likeness (QED) is 0.761. The van der Waals surface area contributed by atoms with Crippen LogP contribution in [0.15, 0.2) is 36.4 Å². The zero-order chi connectivity index (χ0) is 13.4. The van der Waals surface area contributed by atoms with Crippen LogP contribution in [0.2, 0.25) is 0 Å². The van der Waals surface area contributed by atoms with Gasteiger partial charge in [0.15, 0.2) is 11.5 Å². The highest BCUT2D eigenvalue weighted by molar-refractivity contribution is 5.50. The van der Waals surface area contributed by atoms with Crippen molar-refractivity contribution in [2.45, 2.75) is 19.4 Å². The van der Waals surface area contributed by atoms with E-state index in [1.807, 2.05) is 13.0 Å². The number of hydrogen-bond acceptors (Lipinski definition) is 4. The van der Waals surface area contributed by atoms with Crippen LogP contribution in [0, 0.1) is 0 Å². The molecule has 0 unspecified atom stereocenters. The fraction of sp³-hybridized carbons (Fsp3) is 0.200. The van der Waals surface area contributed by atoms with Crippen LogP contribution in [0.25, 0.3) is 0 Å². The minimum atomic E-state index is -0.0484. The molecule has 0 radical (unpaired) electrons. The molecule has 0 aliphatic carbocycles. The van der Waals surface area contributed by atoms with E-state index in [4.69, 9.17) is 9.47 Å². The Morgan fingerprint density at radius 1 is 0.947 bits per heavy atom. The molecule has 0 saturated carbocycles. The highest BCUT2D eigenvalue weighted by atomic mass is 16.5. The molecule has 1 aliphatic heterocycles. The normalized spacial score (nSPS) is 17.2. The van der Waals surface area contributed by atoms with E-state index in [1.165, 1.54) is 12.1 Å². The fourth-order valence-corrected chi connectivity index (χ4v) is 2.17. The molecule has 1 aliphatic rings. The maximum absolute atomic E-state index is 9.56. The largest absolute Gasteiger partial charge is 0.508 e. The Kier molecular flexibility index (Phi) is 2.71. The molecule has 0 fully saturated rings. The van der Waals surface area contributed by atoms with Gasteiger partial charge in [0.25, 0.3) is 0 Å². The van der Waals surface area contributed by atoms with E-state index in [1.54, 1.807) is 18.2 Å². The zero-order valence-corrected chi connectivity index (χ0v) is 10.5. The minimum Gasteiger partial charge on any atom is -0.508 e. The van der Waals surface area contributed by atoms with Crippen molar-refractivity contribution in [3.8, 4) is 28.7 Å². The van der Waals surface area contributed by atoms with Gasteiger partial charge in [-0.15, -0.1) is 0 Å². The summed E-state index contributed by atoms with van der Waals surface area (Å²) in [5.41, 5.74) is 0.976. The van der Waals surface area contributed by atoms with Gasteiger partial charge in [-0.2, -0.15) is 0 Å². The molecule has 2 aromatic carbocycles. The summed E-state index contributed by atoms with van der Waals surface area (Å²) in [6.45, 7) is 1.95. The van der Waals surface area contributed by atoms with Crippen molar-refractivity contribution in [2.75, 3.05) is 0 Å². The van der Waals surface area contributed by atoms with Crippen molar-refractivity contribution < 1.29 is 19.7 Å². The molecule has 1 atom stereocenters. The number of rotatable bonds is 0. The summed E-state index contributed by atoms with van der Waals surface area (Å²) < 4.78 is 11.5. The lowest BCUT2D eigenvalue weighted by atomic mass is 10.1. The van der Waals surface area contributed by atoms with Crippen LogP contribution < -0.4 is 9.47 Å². The number of hydrogen-bond donors (Lipinski definition) is 2. The topological polar surface area (TPSA) is 58.9 Å². The summed E-state index contributed by atoms with van der Waals surface area (Å²) in [7, 11) is 0. The van der Waals surface area contributed by atoms with Crippen LogP contribution in [0.3, 0.4) is 0 Å². The predicted octanol–water partition coefficient (Wildman–Crippen LogP) is 3.21. The maximum atomic E-state index is 9.56. The zero-order valence-electron chi connectivity index (χ0n) is 10.5. The predicted molar refractivity (Wildman–Crippen MR) is 70.1 cm³/mol. The van der Waals surface area contributed by atoms with E-state index in [0.717, 1.165) is 5.56 Å². The Labute approximate surface area is 110 Å². The fourth-order valence-electron chi connectivity index (χ4n) is 2.17. The number of phenols is 2. The second kappa shape index (κ2) is 4.39. The van der Waals surface area contributed by atoms with Gasteiger partial charge in [-0.1, -0.05) is 6.07 Å². The van der Waals surface area contributed by atoms with Crippen molar-refractivity contribution in [1.82, 2.24) is 0 Å². The van der Waals surface area contributed by atoms with E-state index in [2.05, 4.69) is 0 Å². The highest BCUT2D eigenvalue weighted by Crippen LogP contribution is 2.39. The molecule has 0 amide bonds. The average Bonchev–Trinajstić information content (AvgIpc) is 2.34. The number of ether oxygens (including phenoxy) is 2. The number of benzene rings is 2. The van der Waals surface area contributed by atoms with Crippen LogP contribution in [0.1, 0.15) is 12.5 Å². The molecule has 4 nitrogen and oxygen atoms in total. The van der Waals surface area contributed by atoms with E-state index in [9.17, 15) is 10.2 Å². The van der Waals surface area contributed by atoms with E-state index in [0.29, 0.717) is 23.7 Å². The Bertz CT molecular complexity index is 622. The van der Waals surface area contributed by atoms with Crippen LogP contribution in [0.5, 0.6) is 28.7 Å². The van der Waals surface area contributed by atoms with E-state index in [-0.39, 0.29) is 17.6 Å². The second-order valence-electron chi connectivity index (χ2n) is 4.66. The molecule has 4 heteroatoms. The maximum Gasteiger partial charge on any atom is 0.169 e. The smallest absolute Gasteiger partial charge is 0.169 e. The monoisotopic (exact) mass is 258 g/mol. The lowest BCUT2D eigenvalue weighted by molar-refractivity contribution is 0.206. The molecule has 0 bridgehead atoms. The number of fused-ring (bicyclic) bond motifs is 2. The highest BCUT2D eigenvalue weighted by Gasteiger charge is 2.19. The van der Waals surface area contributed by atoms with Gasteiger partial charge in [-0.05, 0) is 30.7 Å². The van der Waals surface area contributed by atoms with Crippen LogP contribution in [-0.2, 0) is 6.42 Å². The number of phenolic OH excluding ortho intramolecular Hbond substituents is 2. The van der Waals surface area contributed by atoms with Crippen molar-refractivity contribution in [3.05, 3.63) is 42.0 Å². The Morgan fingerprint density at radius 3 is 2.42 bits per heavy atom. The molecule has 2 N–H and O–H groups in total. The molecule has 0 spiro atoms. The van der Waals surface area contributed by atoms with E-state index < -0.39 is 0 Å². The van der Waals surface area contributed by atoms with Crippen molar-refractivity contribution >= 4 is 0 Å². The SMILES string of the molecule is C[C@@H]1Cc2ccc(O)cc2Oc2ccc(O)cc2O1. The molecular weight excluding hydrogens is 244 g/mol. The first kappa shape index (κ1) is 11.7. The van der Waals surface area contributed by atoms with Gasteiger partial charge in [-0.25, -0.2) is 0 Å². The van der Waals surface area contributed by atoms with Crippen LogP contribution in [0.4, 0.5) is 0 Å². The summed E-state index contributed by atoms with van der Waals surface area (Å²) in [6.07, 6.45) is 0.623. The van der Waals surface area contributed by atoms with Gasteiger partial charge in [0, 0.05) is 18.6 Å². The lowest BCUT2D eigenvalue weighted by Gasteiger charge is -2.23. The molecule has 2 aromatic rings. The summed E-state index contributed by atoms with van der Waals surface area (Å²) in [4.78, 5) is 0. The third-order valence-electron chi connectivity index (χ3n) is 3.03. The van der Waals surface area contributed by atoms with Crippen molar-refractivity contribution in [1.29, 1.82) is 0 Å². The first-order chi connectivity index (χ1) is 9.11. The molecule has 3 rings (SSSR count). The van der Waals surface area contributed by atoms with E-state index >= 15 is 0 Å². The van der Waals surface area contributed by atoms with Gasteiger partial charge in [0.2, 0.25) is 0 Å². The van der Waals surface area contributed by atoms with Gasteiger partial charge in [-0.3, -0.25) is 0 Å². The summed E-state index contributed by atoms with van der Waals surface area (Å²) in [6, 6.07) is 9.77. The van der Waals surface area contributed by atoms with Gasteiger partial charge >= 0.3 is 0 Å². The Hall–Kier alpha value is -2.36. The van der Waals surface area contributed by atoms with Gasteiger partial charge in [0.05, 0.1) is 0 Å². The second-order valence-corrected chi connectivity index (χ2v) is 4.66. The molecular formula is C15H14O4. The summed E-state index contributed by atoms with van der Waals surface area (Å²) >= 11 is 0. The van der Waals surface area contributed by atoms with Crippen LogP contribution >= 0.6 is 0 Å². The molecule has 98 valence electrons. The molecule has 19 heavy (non-hydrogen) atoms. The average molecular weight is 258 g/mol. The lowest BCUT2D eigenvalue weighted by Crippen LogP contribution is -2.17. The molecule has 0 saturated heterocycles. The minimum absolute atomic E-state index is 0.0484. The van der Waals surface area contributed by atoms with Crippen molar-refractivity contribution in [3.63, 3.8) is 0 Å².